The van der Waals surface area contributed by atoms with Crippen LogP contribution in [-0.2, 0) is 9.59 Å². The SMILES string of the molecule is CN1C(=O)C(=Cc2ccc(N(c3ccccc3)c3cccc4ccccc34)[se]2)C(=O)N(C)C1S. The Bertz CT molecular complexity index is 1390. The van der Waals surface area contributed by atoms with E-state index in [0.29, 0.717) is 0 Å². The molecule has 0 aliphatic carbocycles. The van der Waals surface area contributed by atoms with Crippen molar-refractivity contribution in [2.45, 2.75) is 5.50 Å². The third-order valence-corrected chi connectivity index (χ3v) is 8.76. The van der Waals surface area contributed by atoms with Crippen molar-refractivity contribution in [1.29, 1.82) is 0 Å². The van der Waals surface area contributed by atoms with Crippen molar-refractivity contribution < 1.29 is 9.59 Å². The Hall–Kier alpha value is -3.25. The third kappa shape index (κ3) is 3.96. The second kappa shape index (κ2) is 9.18. The van der Waals surface area contributed by atoms with Gasteiger partial charge in [-0.05, 0) is 0 Å². The number of thiol groups is 1. The summed E-state index contributed by atoms with van der Waals surface area (Å²) in [4.78, 5) is 30.8. The van der Waals surface area contributed by atoms with Gasteiger partial charge in [-0.3, -0.25) is 0 Å². The molecule has 0 atom stereocenters. The molecule has 4 aromatic rings. The second-order valence-electron chi connectivity index (χ2n) is 8.08. The molecule has 1 aliphatic rings. The summed E-state index contributed by atoms with van der Waals surface area (Å²) in [6.45, 7) is 0. The molecule has 0 bridgehead atoms. The number of anilines is 3. The van der Waals surface area contributed by atoms with Gasteiger partial charge in [-0.25, -0.2) is 0 Å². The summed E-state index contributed by atoms with van der Waals surface area (Å²) in [6.07, 6.45) is 1.74. The first-order valence-electron chi connectivity index (χ1n) is 10.8. The molecule has 0 saturated carbocycles. The number of nitrogens with zero attached hydrogens (tertiary/aromatic N) is 3. The van der Waals surface area contributed by atoms with Crippen LogP contribution in [0.3, 0.4) is 0 Å². The summed E-state index contributed by atoms with van der Waals surface area (Å²) in [5.74, 6) is -0.607. The Labute approximate surface area is 210 Å². The number of carbonyl (C=O) groups is 2. The molecule has 1 aliphatic heterocycles. The number of likely N-dealkylation sites (N-methyl/N-ethyl adjacent to an activating group) is 2. The van der Waals surface area contributed by atoms with Gasteiger partial charge in [0.25, 0.3) is 0 Å². The molecule has 1 aromatic heterocycles. The number of carbonyl (C=O) groups excluding carboxylic acids is 2. The molecule has 0 radical (unpaired) electrons. The Balaban J connectivity index is 1.60. The van der Waals surface area contributed by atoms with Crippen LogP contribution in [0.2, 0.25) is 0 Å². The number of benzene rings is 3. The van der Waals surface area contributed by atoms with Gasteiger partial charge in [0.2, 0.25) is 0 Å². The molecule has 0 spiro atoms. The van der Waals surface area contributed by atoms with Crippen LogP contribution in [0.25, 0.3) is 16.8 Å². The number of hydrogen-bond acceptors (Lipinski definition) is 4. The van der Waals surface area contributed by atoms with Crippen LogP contribution >= 0.6 is 12.6 Å². The monoisotopic (exact) mass is 533 g/mol. The summed E-state index contributed by atoms with van der Waals surface area (Å²) >= 11 is 4.26. The van der Waals surface area contributed by atoms with Crippen LogP contribution in [-0.4, -0.2) is 55.7 Å². The summed E-state index contributed by atoms with van der Waals surface area (Å²) in [5.41, 5.74) is 1.78. The molecular weight excluding hydrogens is 509 g/mol. The molecule has 2 amide bonds. The van der Waals surface area contributed by atoms with Gasteiger partial charge in [-0.2, -0.15) is 0 Å². The minimum atomic E-state index is -0.561. The molecule has 34 heavy (non-hydrogen) atoms. The van der Waals surface area contributed by atoms with Crippen LogP contribution < -0.4 is 4.90 Å². The van der Waals surface area contributed by atoms with E-state index in [1.807, 2.05) is 30.3 Å². The summed E-state index contributed by atoms with van der Waals surface area (Å²) in [5, 5.41) is 2.34. The maximum absolute atomic E-state index is 12.8. The number of hydrogen-bond donors (Lipinski definition) is 1. The van der Waals surface area contributed by atoms with E-state index >= 15 is 0 Å². The Kier molecular flexibility index (Phi) is 6.09. The Morgan fingerprint density at radius 3 is 2.21 bits per heavy atom. The predicted molar refractivity (Wildman–Crippen MR) is 142 cm³/mol. The van der Waals surface area contributed by atoms with Crippen molar-refractivity contribution in [2.24, 2.45) is 0 Å². The number of fused-ring (bicyclic) bond motifs is 1. The molecule has 5 nitrogen and oxygen atoms in total. The van der Waals surface area contributed by atoms with Crippen LogP contribution in [0.1, 0.15) is 4.44 Å². The predicted octanol–water partition coefficient (Wildman–Crippen LogP) is 4.89. The van der Waals surface area contributed by atoms with Gasteiger partial charge in [0.15, 0.2) is 0 Å². The molecular formula is C27H23N3O2SSe. The van der Waals surface area contributed by atoms with E-state index in [1.54, 1.807) is 20.2 Å². The van der Waals surface area contributed by atoms with Gasteiger partial charge in [-0.15, -0.1) is 0 Å². The topological polar surface area (TPSA) is 43.9 Å². The van der Waals surface area contributed by atoms with Gasteiger partial charge >= 0.3 is 211 Å². The van der Waals surface area contributed by atoms with Crippen LogP contribution in [0, 0.1) is 0 Å². The first kappa shape index (κ1) is 22.5. The van der Waals surface area contributed by atoms with Crippen molar-refractivity contribution >= 4 is 71.7 Å². The summed E-state index contributed by atoms with van der Waals surface area (Å²) in [6, 6.07) is 29.1. The fraction of sp³-hybridized carbons (Fsp3) is 0.111. The molecule has 1 fully saturated rings. The van der Waals surface area contributed by atoms with E-state index in [-0.39, 0.29) is 31.9 Å². The molecule has 2 heterocycles. The van der Waals surface area contributed by atoms with Gasteiger partial charge < -0.3 is 0 Å². The first-order valence-corrected chi connectivity index (χ1v) is 13.1. The molecule has 5 rings (SSSR count). The fourth-order valence-electron chi connectivity index (χ4n) is 4.11. The van der Waals surface area contributed by atoms with Crippen LogP contribution in [0.4, 0.5) is 15.9 Å². The molecule has 1 saturated heterocycles. The number of para-hydroxylation sites is 1. The van der Waals surface area contributed by atoms with Crippen molar-refractivity contribution in [3.8, 4) is 0 Å². The molecule has 0 N–H and O–H groups in total. The minimum absolute atomic E-state index is 0.102. The van der Waals surface area contributed by atoms with Crippen molar-refractivity contribution in [1.82, 2.24) is 9.80 Å². The normalized spacial score (nSPS) is 16.3. The van der Waals surface area contributed by atoms with Gasteiger partial charge in [0.1, 0.15) is 0 Å². The van der Waals surface area contributed by atoms with Crippen LogP contribution in [0.15, 0.2) is 90.5 Å². The number of amides is 2. The standard InChI is InChI=1S/C27H23N3O2SSe/c1-28-25(31)22(26(32)29(2)27(28)33)17-20-15-16-24(34-20)30(19-11-4-3-5-12-19)23-14-8-10-18-9-6-7-13-21(18)23/h3-17,27,33H,1-2H3. The first-order chi connectivity index (χ1) is 16.5. The third-order valence-electron chi connectivity index (χ3n) is 5.94. The van der Waals surface area contributed by atoms with Gasteiger partial charge in [0, 0.05) is 0 Å². The molecule has 7 heteroatoms. The molecule has 0 unspecified atom stereocenters. The average molecular weight is 533 g/mol. The Morgan fingerprint density at radius 2 is 1.47 bits per heavy atom. The van der Waals surface area contributed by atoms with Crippen molar-refractivity contribution in [3.05, 3.63) is 94.9 Å². The van der Waals surface area contributed by atoms with Crippen molar-refractivity contribution in [3.63, 3.8) is 0 Å². The number of rotatable bonds is 4. The second-order valence-corrected chi connectivity index (χ2v) is 10.8. The van der Waals surface area contributed by atoms with E-state index in [4.69, 9.17) is 0 Å². The van der Waals surface area contributed by atoms with E-state index in [0.717, 1.165) is 25.8 Å². The Morgan fingerprint density at radius 1 is 0.824 bits per heavy atom. The molecule has 170 valence electrons. The van der Waals surface area contributed by atoms with E-state index in [2.05, 4.69) is 72.1 Å². The molecule has 3 aromatic carbocycles. The van der Waals surface area contributed by atoms with E-state index in [9.17, 15) is 9.59 Å². The zero-order valence-electron chi connectivity index (χ0n) is 18.8. The zero-order valence-corrected chi connectivity index (χ0v) is 21.4. The summed E-state index contributed by atoms with van der Waals surface area (Å²) in [7, 11) is 3.32. The zero-order chi connectivity index (χ0) is 23.8. The quantitative estimate of drug-likeness (QED) is 0.176. The maximum atomic E-state index is 12.8. The van der Waals surface area contributed by atoms with Crippen LogP contribution in [0.5, 0.6) is 0 Å². The van der Waals surface area contributed by atoms with Crippen molar-refractivity contribution in [2.75, 3.05) is 19.0 Å². The fourth-order valence-corrected chi connectivity index (χ4v) is 6.39. The van der Waals surface area contributed by atoms with E-state index < -0.39 is 5.50 Å². The van der Waals surface area contributed by atoms with Gasteiger partial charge in [-0.1, -0.05) is 0 Å². The van der Waals surface area contributed by atoms with Gasteiger partial charge in [0.05, 0.1) is 0 Å². The average Bonchev–Trinajstić information content (AvgIpc) is 3.33. The van der Waals surface area contributed by atoms with E-state index in [1.165, 1.54) is 15.2 Å². The summed E-state index contributed by atoms with van der Waals surface area (Å²) < 4.78 is 2.10.